The predicted octanol–water partition coefficient (Wildman–Crippen LogP) is 4.83. The highest BCUT2D eigenvalue weighted by molar-refractivity contribution is 7.10. The normalized spacial score (nSPS) is 14.0. The summed E-state index contributed by atoms with van der Waals surface area (Å²) in [4.78, 5) is 15.3. The molecule has 3 heterocycles. The molecule has 1 amide bonds. The molecule has 1 aliphatic rings. The number of carbonyl (C=O) groups is 1. The predicted molar refractivity (Wildman–Crippen MR) is 96.7 cm³/mol. The van der Waals surface area contributed by atoms with E-state index in [1.807, 2.05) is 11.4 Å². The van der Waals surface area contributed by atoms with E-state index in [9.17, 15) is 4.79 Å². The molecule has 0 spiro atoms. The molecular weight excluding hydrogens is 340 g/mol. The Kier molecular flexibility index (Phi) is 4.24. The van der Waals surface area contributed by atoms with Crippen molar-refractivity contribution in [1.82, 2.24) is 10.5 Å². The highest BCUT2D eigenvalue weighted by atomic mass is 32.1. The molecule has 0 saturated carbocycles. The molecule has 24 heavy (non-hydrogen) atoms. The number of hydrogen-bond donors (Lipinski definition) is 1. The van der Waals surface area contributed by atoms with Crippen LogP contribution >= 0.6 is 22.7 Å². The molecule has 4 nitrogen and oxygen atoms in total. The maximum atomic E-state index is 12.8. The quantitative estimate of drug-likeness (QED) is 0.710. The summed E-state index contributed by atoms with van der Waals surface area (Å²) in [6.45, 7) is 2.13. The zero-order chi connectivity index (χ0) is 16.5. The molecule has 4 rings (SSSR count). The molecule has 0 radical (unpaired) electrons. The highest BCUT2D eigenvalue weighted by Gasteiger charge is 2.29. The molecule has 0 fully saturated rings. The summed E-state index contributed by atoms with van der Waals surface area (Å²) in [5.41, 5.74) is 2.48. The fraction of sp³-hybridized carbons (Fsp3) is 0.333. The van der Waals surface area contributed by atoms with Crippen LogP contribution < -0.4 is 5.32 Å². The van der Waals surface area contributed by atoms with Gasteiger partial charge in [-0.05, 0) is 42.2 Å². The van der Waals surface area contributed by atoms with Crippen LogP contribution in [0, 0.1) is 0 Å². The van der Waals surface area contributed by atoms with Crippen molar-refractivity contribution < 1.29 is 9.32 Å². The van der Waals surface area contributed by atoms with Crippen LogP contribution in [-0.2, 0) is 12.8 Å². The molecule has 1 N–H and O–H groups in total. The molecule has 3 aromatic heterocycles. The molecule has 1 aliphatic carbocycles. The highest BCUT2D eigenvalue weighted by Crippen LogP contribution is 2.38. The van der Waals surface area contributed by atoms with E-state index in [0.717, 1.165) is 42.6 Å². The molecule has 0 unspecified atom stereocenters. The van der Waals surface area contributed by atoms with Gasteiger partial charge in [-0.2, -0.15) is 0 Å². The van der Waals surface area contributed by atoms with Crippen molar-refractivity contribution in [2.24, 2.45) is 0 Å². The lowest BCUT2D eigenvalue weighted by atomic mass is 9.95. The number of nitrogens with one attached hydrogen (secondary N) is 1. The van der Waals surface area contributed by atoms with E-state index in [1.165, 1.54) is 9.75 Å². The van der Waals surface area contributed by atoms with Crippen LogP contribution in [0.5, 0.6) is 0 Å². The number of thiophene rings is 2. The van der Waals surface area contributed by atoms with E-state index in [1.54, 1.807) is 22.7 Å². The van der Waals surface area contributed by atoms with Gasteiger partial charge in [0.15, 0.2) is 11.5 Å². The lowest BCUT2D eigenvalue weighted by Crippen LogP contribution is -2.29. The first-order valence-corrected chi connectivity index (χ1v) is 9.93. The number of aryl methyl sites for hydroxylation is 1. The monoisotopic (exact) mass is 358 g/mol. The summed E-state index contributed by atoms with van der Waals surface area (Å²) in [6, 6.07) is 6.18. The standard InChI is InChI=1S/C18H18N2O2S2/c1-2-4-13(15-5-3-9-23-15)19-18(21)16-12-6-7-14-11(8-10-24-14)17(12)22-20-16/h3,5,8-10,13H,2,4,6-7H2,1H3,(H,19,21)/t13-/m1/s1. The average molecular weight is 358 g/mol. The smallest absolute Gasteiger partial charge is 0.274 e. The Hall–Kier alpha value is -1.92. The summed E-state index contributed by atoms with van der Waals surface area (Å²) in [7, 11) is 0. The van der Waals surface area contributed by atoms with Gasteiger partial charge in [0.2, 0.25) is 0 Å². The van der Waals surface area contributed by atoms with E-state index >= 15 is 0 Å². The van der Waals surface area contributed by atoms with Crippen molar-refractivity contribution in [2.75, 3.05) is 0 Å². The molecular formula is C18H18N2O2S2. The van der Waals surface area contributed by atoms with Crippen LogP contribution in [0.4, 0.5) is 0 Å². The number of fused-ring (bicyclic) bond motifs is 3. The van der Waals surface area contributed by atoms with Gasteiger partial charge >= 0.3 is 0 Å². The van der Waals surface area contributed by atoms with E-state index < -0.39 is 0 Å². The third-order valence-corrected chi connectivity index (χ3v) is 6.33. The fourth-order valence-corrected chi connectivity index (χ4v) is 4.89. The van der Waals surface area contributed by atoms with Gasteiger partial charge in [-0.1, -0.05) is 24.6 Å². The van der Waals surface area contributed by atoms with Gasteiger partial charge < -0.3 is 9.84 Å². The second-order valence-electron chi connectivity index (χ2n) is 5.93. The molecule has 6 heteroatoms. The molecule has 124 valence electrons. The first-order valence-electron chi connectivity index (χ1n) is 8.17. The van der Waals surface area contributed by atoms with Crippen LogP contribution in [0.1, 0.15) is 51.6 Å². The van der Waals surface area contributed by atoms with Crippen molar-refractivity contribution in [3.05, 3.63) is 50.0 Å². The topological polar surface area (TPSA) is 55.1 Å². The zero-order valence-electron chi connectivity index (χ0n) is 13.4. The Morgan fingerprint density at radius 2 is 2.25 bits per heavy atom. The second-order valence-corrected chi connectivity index (χ2v) is 7.91. The first-order chi connectivity index (χ1) is 11.8. The first kappa shape index (κ1) is 15.6. The van der Waals surface area contributed by atoms with E-state index in [-0.39, 0.29) is 11.9 Å². The second kappa shape index (κ2) is 6.53. The Morgan fingerprint density at radius 1 is 1.33 bits per heavy atom. The minimum absolute atomic E-state index is 0.0372. The van der Waals surface area contributed by atoms with Crippen LogP contribution in [0.2, 0.25) is 0 Å². The summed E-state index contributed by atoms with van der Waals surface area (Å²) >= 11 is 3.41. The maximum absolute atomic E-state index is 12.8. The average Bonchev–Trinajstić information content (AvgIpc) is 3.32. The Bertz CT molecular complexity index is 848. The molecule has 0 bridgehead atoms. The summed E-state index contributed by atoms with van der Waals surface area (Å²) in [6.07, 6.45) is 3.69. The Balaban J connectivity index is 1.60. The third-order valence-electron chi connectivity index (χ3n) is 4.36. The SMILES string of the molecule is CCC[C@@H](NC(=O)c1noc2c1CCc1sccc1-2)c1cccs1. The molecule has 0 saturated heterocycles. The Morgan fingerprint density at radius 3 is 3.04 bits per heavy atom. The minimum atomic E-state index is -0.134. The van der Waals surface area contributed by atoms with Crippen LogP contribution in [0.15, 0.2) is 33.5 Å². The van der Waals surface area contributed by atoms with Crippen LogP contribution in [0.3, 0.4) is 0 Å². The lowest BCUT2D eigenvalue weighted by molar-refractivity contribution is 0.0925. The Labute approximate surface area is 148 Å². The summed E-state index contributed by atoms with van der Waals surface area (Å²) in [5.74, 6) is 0.636. The van der Waals surface area contributed by atoms with Crippen LogP contribution in [0.25, 0.3) is 11.3 Å². The molecule has 3 aromatic rings. The minimum Gasteiger partial charge on any atom is -0.355 e. The van der Waals surface area contributed by atoms with Gasteiger partial charge in [-0.15, -0.1) is 22.7 Å². The molecule has 0 aliphatic heterocycles. The number of carbonyl (C=O) groups excluding carboxylic acids is 1. The lowest BCUT2D eigenvalue weighted by Gasteiger charge is -2.16. The largest absolute Gasteiger partial charge is 0.355 e. The van der Waals surface area contributed by atoms with Gasteiger partial charge in [0.1, 0.15) is 0 Å². The maximum Gasteiger partial charge on any atom is 0.274 e. The van der Waals surface area contributed by atoms with Crippen LogP contribution in [-0.4, -0.2) is 11.1 Å². The zero-order valence-corrected chi connectivity index (χ0v) is 15.0. The van der Waals surface area contributed by atoms with Gasteiger partial charge in [-0.25, -0.2) is 0 Å². The summed E-state index contributed by atoms with van der Waals surface area (Å²) < 4.78 is 5.52. The summed E-state index contributed by atoms with van der Waals surface area (Å²) in [5, 5.41) is 11.3. The van der Waals surface area contributed by atoms with Crippen molar-refractivity contribution in [1.29, 1.82) is 0 Å². The van der Waals surface area contributed by atoms with Gasteiger partial charge in [0.25, 0.3) is 5.91 Å². The van der Waals surface area contributed by atoms with Gasteiger partial charge in [0, 0.05) is 20.9 Å². The number of hydrogen-bond acceptors (Lipinski definition) is 5. The third kappa shape index (κ3) is 2.70. The van der Waals surface area contributed by atoms with E-state index in [4.69, 9.17) is 4.52 Å². The van der Waals surface area contributed by atoms with E-state index in [2.05, 4.69) is 34.9 Å². The van der Waals surface area contributed by atoms with Crippen molar-refractivity contribution in [2.45, 2.75) is 38.6 Å². The van der Waals surface area contributed by atoms with Gasteiger partial charge in [-0.3, -0.25) is 4.79 Å². The molecule has 0 aromatic carbocycles. The van der Waals surface area contributed by atoms with Gasteiger partial charge in [0.05, 0.1) is 6.04 Å². The number of rotatable bonds is 5. The number of nitrogens with zero attached hydrogens (tertiary/aromatic N) is 1. The van der Waals surface area contributed by atoms with E-state index in [0.29, 0.717) is 5.69 Å². The van der Waals surface area contributed by atoms with Crippen molar-refractivity contribution in [3.8, 4) is 11.3 Å². The van der Waals surface area contributed by atoms with Crippen molar-refractivity contribution >= 4 is 28.6 Å². The van der Waals surface area contributed by atoms with Crippen molar-refractivity contribution in [3.63, 3.8) is 0 Å². The number of aromatic nitrogens is 1. The molecule has 1 atom stereocenters. The number of amides is 1. The fourth-order valence-electron chi connectivity index (χ4n) is 3.20.